The summed E-state index contributed by atoms with van der Waals surface area (Å²) in [6.07, 6.45) is 11.5. The molecule has 1 heteroatoms. The molecule has 0 bridgehead atoms. The van der Waals surface area contributed by atoms with Gasteiger partial charge in [-0.3, -0.25) is 0 Å². The maximum atomic E-state index is 5.83. The molecule has 0 amide bonds. The van der Waals surface area contributed by atoms with Crippen LogP contribution in [0.1, 0.15) is 70.8 Å². The highest BCUT2D eigenvalue weighted by atomic mass is 16.5. The summed E-state index contributed by atoms with van der Waals surface area (Å²) in [5, 5.41) is 0. The van der Waals surface area contributed by atoms with Gasteiger partial charge in [0.1, 0.15) is 5.75 Å². The van der Waals surface area contributed by atoms with Crippen molar-refractivity contribution in [2.45, 2.75) is 71.6 Å². The Morgan fingerprint density at radius 2 is 1.16 bits per heavy atom. The van der Waals surface area contributed by atoms with Crippen molar-refractivity contribution in [2.75, 3.05) is 6.61 Å². The molecule has 0 aliphatic carbocycles. The zero-order chi connectivity index (χ0) is 17.7. The summed E-state index contributed by atoms with van der Waals surface area (Å²) in [6.45, 7) is 5.32. The predicted octanol–water partition coefficient (Wildman–Crippen LogP) is 7.44. The number of hydrogen-bond donors (Lipinski definition) is 0. The maximum Gasteiger partial charge on any atom is 0.119 e. The topological polar surface area (TPSA) is 9.23 Å². The summed E-state index contributed by atoms with van der Waals surface area (Å²) in [5.74, 6) is 0.979. The second-order valence-corrected chi connectivity index (χ2v) is 6.94. The largest absolute Gasteiger partial charge is 0.494 e. The first-order valence-corrected chi connectivity index (χ1v) is 10.2. The average Bonchev–Trinajstić information content (AvgIpc) is 2.66. The van der Waals surface area contributed by atoms with Crippen LogP contribution in [0.2, 0.25) is 0 Å². The summed E-state index contributed by atoms with van der Waals surface area (Å²) in [6, 6.07) is 17.6. The van der Waals surface area contributed by atoms with Crippen LogP contribution in [0.3, 0.4) is 0 Å². The Morgan fingerprint density at radius 3 is 1.76 bits per heavy atom. The van der Waals surface area contributed by atoms with E-state index in [9.17, 15) is 0 Å². The van der Waals surface area contributed by atoms with Crippen molar-refractivity contribution in [3.05, 3.63) is 54.1 Å². The SMILES string of the molecule is CCCCCCOc1ccc(-c2ccc(CCCCCC)cc2)cc1. The molecule has 0 atom stereocenters. The second-order valence-electron chi connectivity index (χ2n) is 6.94. The number of hydrogen-bond acceptors (Lipinski definition) is 1. The third-order valence-corrected chi connectivity index (χ3v) is 4.73. The molecule has 25 heavy (non-hydrogen) atoms. The first-order chi connectivity index (χ1) is 12.3. The van der Waals surface area contributed by atoms with E-state index in [-0.39, 0.29) is 0 Å². The molecule has 1 nitrogen and oxygen atoms in total. The van der Waals surface area contributed by atoms with Crippen LogP contribution < -0.4 is 4.74 Å². The summed E-state index contributed by atoms with van der Waals surface area (Å²) in [4.78, 5) is 0. The molecule has 2 rings (SSSR count). The second kappa shape index (κ2) is 11.7. The van der Waals surface area contributed by atoms with Gasteiger partial charge in [0.15, 0.2) is 0 Å². The van der Waals surface area contributed by atoms with Gasteiger partial charge in [-0.25, -0.2) is 0 Å². The lowest BCUT2D eigenvalue weighted by molar-refractivity contribution is 0.305. The van der Waals surface area contributed by atoms with Crippen LogP contribution in [0.4, 0.5) is 0 Å². The van der Waals surface area contributed by atoms with Crippen molar-refractivity contribution in [3.63, 3.8) is 0 Å². The fourth-order valence-electron chi connectivity index (χ4n) is 3.08. The molecule has 0 unspecified atom stereocenters. The minimum atomic E-state index is 0.825. The van der Waals surface area contributed by atoms with E-state index in [1.807, 2.05) is 0 Å². The Morgan fingerprint density at radius 1 is 0.600 bits per heavy atom. The highest BCUT2D eigenvalue weighted by molar-refractivity contribution is 5.64. The van der Waals surface area contributed by atoms with Gasteiger partial charge in [-0.05, 0) is 48.1 Å². The first kappa shape index (κ1) is 19.6. The quantitative estimate of drug-likeness (QED) is 0.365. The molecule has 0 aliphatic rings. The maximum absolute atomic E-state index is 5.83. The summed E-state index contributed by atoms with van der Waals surface area (Å²) in [5.41, 5.74) is 3.99. The highest BCUT2D eigenvalue weighted by Gasteiger charge is 2.00. The molecule has 2 aromatic carbocycles. The van der Waals surface area contributed by atoms with Gasteiger partial charge in [0.05, 0.1) is 6.61 Å². The minimum absolute atomic E-state index is 0.825. The molecule has 2 aromatic rings. The van der Waals surface area contributed by atoms with Crippen LogP contribution in [0.5, 0.6) is 5.75 Å². The van der Waals surface area contributed by atoms with Crippen LogP contribution in [0.15, 0.2) is 48.5 Å². The zero-order valence-electron chi connectivity index (χ0n) is 16.1. The molecule has 0 spiro atoms. The van der Waals surface area contributed by atoms with Crippen molar-refractivity contribution < 1.29 is 4.74 Å². The normalized spacial score (nSPS) is 10.8. The van der Waals surface area contributed by atoms with Gasteiger partial charge in [0, 0.05) is 0 Å². The Labute approximate surface area is 154 Å². The molecule has 0 saturated heterocycles. The molecule has 0 N–H and O–H groups in total. The Bertz CT molecular complexity index is 568. The zero-order valence-corrected chi connectivity index (χ0v) is 16.1. The van der Waals surface area contributed by atoms with Crippen molar-refractivity contribution >= 4 is 0 Å². The van der Waals surface area contributed by atoms with Crippen LogP contribution in [-0.4, -0.2) is 6.61 Å². The van der Waals surface area contributed by atoms with Crippen LogP contribution in [0.25, 0.3) is 11.1 Å². The van der Waals surface area contributed by atoms with E-state index in [2.05, 4.69) is 62.4 Å². The lowest BCUT2D eigenvalue weighted by atomic mass is 10.0. The first-order valence-electron chi connectivity index (χ1n) is 10.2. The number of unbranched alkanes of at least 4 members (excludes halogenated alkanes) is 6. The van der Waals surface area contributed by atoms with Crippen molar-refractivity contribution in [3.8, 4) is 16.9 Å². The van der Waals surface area contributed by atoms with Crippen LogP contribution in [-0.2, 0) is 6.42 Å². The number of aryl methyl sites for hydroxylation is 1. The van der Waals surface area contributed by atoms with E-state index in [4.69, 9.17) is 4.74 Å². The summed E-state index contributed by atoms with van der Waals surface area (Å²) in [7, 11) is 0. The van der Waals surface area contributed by atoms with Gasteiger partial charge in [0.25, 0.3) is 0 Å². The number of benzene rings is 2. The lowest BCUT2D eigenvalue weighted by Gasteiger charge is -2.08. The van der Waals surface area contributed by atoms with E-state index in [0.717, 1.165) is 18.8 Å². The smallest absolute Gasteiger partial charge is 0.119 e. The number of rotatable bonds is 12. The lowest BCUT2D eigenvalue weighted by Crippen LogP contribution is -1.96. The predicted molar refractivity (Wildman–Crippen MR) is 109 cm³/mol. The van der Waals surface area contributed by atoms with Crippen LogP contribution in [0, 0.1) is 0 Å². The fraction of sp³-hybridized carbons (Fsp3) is 0.500. The van der Waals surface area contributed by atoms with Crippen molar-refractivity contribution in [1.82, 2.24) is 0 Å². The van der Waals surface area contributed by atoms with Gasteiger partial charge < -0.3 is 4.74 Å². The van der Waals surface area contributed by atoms with Crippen molar-refractivity contribution in [1.29, 1.82) is 0 Å². The Kier molecular flexibility index (Phi) is 9.18. The molecule has 0 aromatic heterocycles. The van der Waals surface area contributed by atoms with E-state index < -0.39 is 0 Å². The monoisotopic (exact) mass is 338 g/mol. The third kappa shape index (κ3) is 7.34. The molecule has 0 saturated carbocycles. The van der Waals surface area contributed by atoms with Gasteiger partial charge in [-0.2, -0.15) is 0 Å². The Hall–Kier alpha value is -1.76. The molecule has 0 fully saturated rings. The molecule has 0 radical (unpaired) electrons. The average molecular weight is 339 g/mol. The highest BCUT2D eigenvalue weighted by Crippen LogP contribution is 2.23. The summed E-state index contributed by atoms with van der Waals surface area (Å²) >= 11 is 0. The standard InChI is InChI=1S/C24H34O/c1-3-5-7-9-11-21-12-14-22(15-13-21)23-16-18-24(19-17-23)25-20-10-8-6-4-2/h12-19H,3-11,20H2,1-2H3. The van der Waals surface area contributed by atoms with E-state index in [1.54, 1.807) is 0 Å². The van der Waals surface area contributed by atoms with Crippen LogP contribution >= 0.6 is 0 Å². The minimum Gasteiger partial charge on any atom is -0.494 e. The molecular formula is C24H34O. The van der Waals surface area contributed by atoms with Crippen molar-refractivity contribution in [2.24, 2.45) is 0 Å². The molecular weight excluding hydrogens is 304 g/mol. The van der Waals surface area contributed by atoms with Gasteiger partial charge in [-0.15, -0.1) is 0 Å². The van der Waals surface area contributed by atoms with E-state index in [1.165, 1.54) is 68.1 Å². The van der Waals surface area contributed by atoms with E-state index >= 15 is 0 Å². The molecule has 0 aliphatic heterocycles. The number of ether oxygens (including phenoxy) is 1. The Balaban J connectivity index is 1.80. The summed E-state index contributed by atoms with van der Waals surface area (Å²) < 4.78 is 5.83. The third-order valence-electron chi connectivity index (χ3n) is 4.73. The van der Waals surface area contributed by atoms with E-state index in [0.29, 0.717) is 0 Å². The fourth-order valence-corrected chi connectivity index (χ4v) is 3.08. The van der Waals surface area contributed by atoms with Gasteiger partial charge >= 0.3 is 0 Å². The van der Waals surface area contributed by atoms with Gasteiger partial charge in [0.2, 0.25) is 0 Å². The molecule has 136 valence electrons. The van der Waals surface area contributed by atoms with Gasteiger partial charge in [-0.1, -0.05) is 88.8 Å². The molecule has 0 heterocycles.